The fourth-order valence-electron chi connectivity index (χ4n) is 2.22. The average molecular weight is 232 g/mol. The number of aromatic nitrogens is 2. The number of halogens is 1. The Hall–Kier alpha value is -1.72. The van der Waals surface area contributed by atoms with Gasteiger partial charge in [-0.15, -0.1) is 0 Å². The summed E-state index contributed by atoms with van der Waals surface area (Å²) in [5.74, 6) is -0.281. The number of rotatable bonds is 2. The number of hydrogen-bond acceptors (Lipinski definition) is 3. The van der Waals surface area contributed by atoms with Gasteiger partial charge in [-0.2, -0.15) is 5.10 Å². The van der Waals surface area contributed by atoms with E-state index in [0.29, 0.717) is 12.2 Å². The normalized spacial score (nSPS) is 14.0. The summed E-state index contributed by atoms with van der Waals surface area (Å²) >= 11 is 0. The maximum absolute atomic E-state index is 13.7. The van der Waals surface area contributed by atoms with Crippen molar-refractivity contribution in [3.63, 3.8) is 0 Å². The van der Waals surface area contributed by atoms with E-state index < -0.39 is 0 Å². The molecular formula is C12H13FN4. The first-order valence-electron chi connectivity index (χ1n) is 5.56. The molecule has 2 aromatic rings. The molecule has 1 aliphatic rings. The number of nitrogens with one attached hydrogen (secondary N) is 1. The van der Waals surface area contributed by atoms with Crippen LogP contribution in [0, 0.1) is 5.82 Å². The van der Waals surface area contributed by atoms with Crippen LogP contribution < -0.4 is 11.1 Å². The van der Waals surface area contributed by atoms with Crippen molar-refractivity contribution in [1.29, 1.82) is 0 Å². The predicted molar refractivity (Wildman–Crippen MR) is 62.0 cm³/mol. The first-order valence-corrected chi connectivity index (χ1v) is 5.56. The molecule has 0 saturated heterocycles. The first kappa shape index (κ1) is 10.4. The van der Waals surface area contributed by atoms with Crippen LogP contribution in [0.1, 0.15) is 17.0 Å². The maximum Gasteiger partial charge on any atom is 0.148 e. The molecule has 0 amide bonds. The van der Waals surface area contributed by atoms with Gasteiger partial charge in [-0.05, 0) is 12.1 Å². The molecule has 0 aliphatic carbocycles. The number of benzene rings is 1. The highest BCUT2D eigenvalue weighted by molar-refractivity contribution is 5.40. The van der Waals surface area contributed by atoms with Crippen molar-refractivity contribution in [2.45, 2.75) is 19.6 Å². The van der Waals surface area contributed by atoms with Gasteiger partial charge >= 0.3 is 0 Å². The molecular weight excluding hydrogens is 219 g/mol. The highest BCUT2D eigenvalue weighted by Gasteiger charge is 2.22. The second-order valence-electron chi connectivity index (χ2n) is 4.04. The molecule has 1 aromatic heterocycles. The highest BCUT2D eigenvalue weighted by Crippen LogP contribution is 2.23. The van der Waals surface area contributed by atoms with Gasteiger partial charge < -0.3 is 11.1 Å². The van der Waals surface area contributed by atoms with E-state index in [2.05, 4.69) is 10.4 Å². The Bertz CT molecular complexity index is 562. The van der Waals surface area contributed by atoms with E-state index in [9.17, 15) is 4.39 Å². The van der Waals surface area contributed by atoms with Gasteiger partial charge in [0.2, 0.25) is 0 Å². The monoisotopic (exact) mass is 232 g/mol. The Morgan fingerprint density at radius 3 is 2.94 bits per heavy atom. The lowest BCUT2D eigenvalue weighted by Crippen LogP contribution is -2.13. The smallest absolute Gasteiger partial charge is 0.148 e. The Balaban J connectivity index is 2.19. The zero-order valence-electron chi connectivity index (χ0n) is 9.28. The molecule has 88 valence electrons. The minimum absolute atomic E-state index is 0.281. The molecule has 3 rings (SSSR count). The van der Waals surface area contributed by atoms with E-state index in [4.69, 9.17) is 5.73 Å². The number of nitrogens with zero attached hydrogens (tertiary/aromatic N) is 2. The van der Waals surface area contributed by atoms with E-state index >= 15 is 0 Å². The van der Waals surface area contributed by atoms with Crippen LogP contribution in [-0.4, -0.2) is 9.78 Å². The van der Waals surface area contributed by atoms with Crippen molar-refractivity contribution in [3.05, 3.63) is 47.0 Å². The van der Waals surface area contributed by atoms with Crippen LogP contribution >= 0.6 is 0 Å². The molecule has 3 N–H and O–H groups in total. The van der Waals surface area contributed by atoms with Crippen LogP contribution in [-0.2, 0) is 19.6 Å². The van der Waals surface area contributed by atoms with Gasteiger partial charge in [0.1, 0.15) is 11.5 Å². The zero-order chi connectivity index (χ0) is 11.8. The van der Waals surface area contributed by atoms with Crippen molar-refractivity contribution < 1.29 is 4.39 Å². The topological polar surface area (TPSA) is 55.9 Å². The maximum atomic E-state index is 13.7. The van der Waals surface area contributed by atoms with E-state index in [-0.39, 0.29) is 5.82 Å². The van der Waals surface area contributed by atoms with Gasteiger partial charge in [0, 0.05) is 25.2 Å². The van der Waals surface area contributed by atoms with Gasteiger partial charge in [-0.25, -0.2) is 9.07 Å². The summed E-state index contributed by atoms with van der Waals surface area (Å²) in [4.78, 5) is 0. The second-order valence-corrected chi connectivity index (χ2v) is 4.04. The van der Waals surface area contributed by atoms with Crippen LogP contribution in [0.25, 0.3) is 5.69 Å². The molecule has 1 aromatic carbocycles. The fourth-order valence-corrected chi connectivity index (χ4v) is 2.22. The summed E-state index contributed by atoms with van der Waals surface area (Å²) in [6.45, 7) is 1.85. The van der Waals surface area contributed by atoms with Crippen LogP contribution in [0.5, 0.6) is 0 Å². The summed E-state index contributed by atoms with van der Waals surface area (Å²) in [5.41, 5.74) is 9.16. The summed E-state index contributed by atoms with van der Waals surface area (Å²) < 4.78 is 15.4. The SMILES string of the molecule is NCc1c2c(nn1-c1ccccc1F)CNC2. The predicted octanol–water partition coefficient (Wildman–Crippen LogP) is 1.07. The standard InChI is InChI=1S/C12H13FN4/c13-9-3-1-2-4-11(9)17-12(5-14)8-6-15-7-10(8)16-17/h1-4,15H,5-7,14H2. The first-order chi connectivity index (χ1) is 8.31. The number of para-hydroxylation sites is 1. The minimum atomic E-state index is -0.281. The Kier molecular flexibility index (Phi) is 2.42. The average Bonchev–Trinajstić information content (AvgIpc) is 2.89. The number of fused-ring (bicyclic) bond motifs is 1. The lowest BCUT2D eigenvalue weighted by Gasteiger charge is -2.08. The summed E-state index contributed by atoms with van der Waals surface area (Å²) in [7, 11) is 0. The van der Waals surface area contributed by atoms with Crippen LogP contribution in [0.2, 0.25) is 0 Å². The third-order valence-corrected chi connectivity index (χ3v) is 3.04. The molecule has 2 heterocycles. The highest BCUT2D eigenvalue weighted by atomic mass is 19.1. The number of nitrogens with two attached hydrogens (primary N) is 1. The van der Waals surface area contributed by atoms with E-state index in [0.717, 1.165) is 30.0 Å². The van der Waals surface area contributed by atoms with Crippen LogP contribution in [0.15, 0.2) is 24.3 Å². The zero-order valence-corrected chi connectivity index (χ0v) is 9.28. The molecule has 17 heavy (non-hydrogen) atoms. The van der Waals surface area contributed by atoms with E-state index in [1.165, 1.54) is 6.07 Å². The minimum Gasteiger partial charge on any atom is -0.325 e. The number of hydrogen-bond donors (Lipinski definition) is 2. The summed E-state index contributed by atoms with van der Waals surface area (Å²) in [6.07, 6.45) is 0. The van der Waals surface area contributed by atoms with Gasteiger partial charge in [0.05, 0.1) is 11.4 Å². The molecule has 0 fully saturated rings. The van der Waals surface area contributed by atoms with Crippen molar-refractivity contribution in [1.82, 2.24) is 15.1 Å². The Labute approximate surface area is 98.2 Å². The quantitative estimate of drug-likeness (QED) is 0.814. The van der Waals surface area contributed by atoms with Crippen molar-refractivity contribution in [3.8, 4) is 5.69 Å². The third kappa shape index (κ3) is 1.55. The van der Waals surface area contributed by atoms with E-state index in [1.54, 1.807) is 22.9 Å². The third-order valence-electron chi connectivity index (χ3n) is 3.04. The van der Waals surface area contributed by atoms with Gasteiger partial charge in [-0.1, -0.05) is 12.1 Å². The summed E-state index contributed by atoms with van der Waals surface area (Å²) in [5, 5.41) is 7.64. The molecule has 4 nitrogen and oxygen atoms in total. The Morgan fingerprint density at radius 1 is 1.35 bits per heavy atom. The molecule has 0 saturated carbocycles. The molecule has 5 heteroatoms. The lowest BCUT2D eigenvalue weighted by atomic mass is 10.2. The molecule has 0 bridgehead atoms. The molecule has 0 radical (unpaired) electrons. The van der Waals surface area contributed by atoms with Crippen molar-refractivity contribution in [2.75, 3.05) is 0 Å². The fraction of sp³-hybridized carbons (Fsp3) is 0.250. The van der Waals surface area contributed by atoms with Gasteiger partial charge in [0.15, 0.2) is 0 Å². The largest absolute Gasteiger partial charge is 0.325 e. The molecule has 0 unspecified atom stereocenters. The Morgan fingerprint density at radius 2 is 2.18 bits per heavy atom. The summed E-state index contributed by atoms with van der Waals surface area (Å²) in [6, 6.07) is 6.61. The van der Waals surface area contributed by atoms with Crippen molar-refractivity contribution in [2.24, 2.45) is 5.73 Å². The van der Waals surface area contributed by atoms with Crippen molar-refractivity contribution >= 4 is 0 Å². The molecule has 0 atom stereocenters. The molecule has 0 spiro atoms. The van der Waals surface area contributed by atoms with Crippen LogP contribution in [0.3, 0.4) is 0 Å². The van der Waals surface area contributed by atoms with E-state index in [1.807, 2.05) is 0 Å². The van der Waals surface area contributed by atoms with Crippen LogP contribution in [0.4, 0.5) is 4.39 Å². The molecule has 1 aliphatic heterocycles. The van der Waals surface area contributed by atoms with Gasteiger partial charge in [-0.3, -0.25) is 0 Å². The lowest BCUT2D eigenvalue weighted by molar-refractivity contribution is 0.601. The van der Waals surface area contributed by atoms with Gasteiger partial charge in [0.25, 0.3) is 0 Å². The second kappa shape index (κ2) is 3.94.